The van der Waals surface area contributed by atoms with Gasteiger partial charge in [-0.1, -0.05) is 11.8 Å². The first-order valence-corrected chi connectivity index (χ1v) is 12.2. The van der Waals surface area contributed by atoms with Gasteiger partial charge in [0, 0.05) is 40.1 Å². The zero-order chi connectivity index (χ0) is 25.7. The van der Waals surface area contributed by atoms with Crippen LogP contribution in [0.1, 0.15) is 16.8 Å². The highest BCUT2D eigenvalue weighted by molar-refractivity contribution is 7.98. The summed E-state index contributed by atoms with van der Waals surface area (Å²) in [5.74, 6) is -1.32. The normalized spacial score (nSPS) is 10.6. The Kier molecular flexibility index (Phi) is 7.71. The molecule has 0 amide bonds. The third-order valence-electron chi connectivity index (χ3n) is 4.86. The van der Waals surface area contributed by atoms with Crippen LogP contribution >= 0.6 is 23.1 Å². The molecule has 3 N–H and O–H groups in total. The number of nitrogens with zero attached hydrogens (tertiary/aromatic N) is 5. The first kappa shape index (κ1) is 25.0. The van der Waals surface area contributed by atoms with Crippen molar-refractivity contribution in [1.29, 1.82) is 10.5 Å². The molecule has 1 aromatic carbocycles. The third-order valence-corrected chi connectivity index (χ3v) is 6.81. The van der Waals surface area contributed by atoms with E-state index in [9.17, 15) is 19.3 Å². The molecule has 0 spiro atoms. The molecule has 3 heterocycles. The summed E-state index contributed by atoms with van der Waals surface area (Å²) >= 11 is 2.49. The summed E-state index contributed by atoms with van der Waals surface area (Å²) < 4.78 is 32.1. The Balaban J connectivity index is 1.63. The number of aromatic nitrogens is 3. The number of pyridine rings is 2. The van der Waals surface area contributed by atoms with Crippen LogP contribution in [0.15, 0.2) is 46.9 Å². The van der Waals surface area contributed by atoms with Gasteiger partial charge >= 0.3 is 0 Å². The van der Waals surface area contributed by atoms with Gasteiger partial charge in [0.25, 0.3) is 0 Å². The van der Waals surface area contributed by atoms with Crippen molar-refractivity contribution in [2.24, 2.45) is 0 Å². The molecule has 12 heteroatoms. The van der Waals surface area contributed by atoms with Crippen molar-refractivity contribution in [2.45, 2.75) is 10.8 Å². The van der Waals surface area contributed by atoms with E-state index in [2.05, 4.69) is 21.0 Å². The fourth-order valence-corrected chi connectivity index (χ4v) is 5.04. The lowest BCUT2D eigenvalue weighted by Gasteiger charge is -2.13. The first-order chi connectivity index (χ1) is 17.4. The number of halogens is 2. The zero-order valence-corrected chi connectivity index (χ0v) is 20.0. The van der Waals surface area contributed by atoms with Crippen LogP contribution in [0.4, 0.5) is 14.6 Å². The van der Waals surface area contributed by atoms with E-state index in [1.807, 2.05) is 6.07 Å². The summed E-state index contributed by atoms with van der Waals surface area (Å²) in [6, 6.07) is 10.9. The highest BCUT2D eigenvalue weighted by Crippen LogP contribution is 2.37. The van der Waals surface area contributed by atoms with Gasteiger partial charge in [0.1, 0.15) is 40.2 Å². The number of aliphatic hydroxyl groups excluding tert-OH is 1. The second-order valence-electron chi connectivity index (χ2n) is 7.17. The van der Waals surface area contributed by atoms with Crippen LogP contribution in [-0.2, 0) is 5.75 Å². The number of anilines is 1. The molecular formula is C24H16F2N6O2S2. The minimum Gasteiger partial charge on any atom is -0.475 e. The molecule has 0 bridgehead atoms. The van der Waals surface area contributed by atoms with Crippen LogP contribution in [0.3, 0.4) is 0 Å². The third kappa shape index (κ3) is 5.26. The molecule has 4 rings (SSSR count). The van der Waals surface area contributed by atoms with E-state index in [0.29, 0.717) is 38.2 Å². The van der Waals surface area contributed by atoms with Gasteiger partial charge in [0.05, 0.1) is 17.9 Å². The molecule has 0 aliphatic carbocycles. The highest BCUT2D eigenvalue weighted by atomic mass is 32.2. The van der Waals surface area contributed by atoms with Gasteiger partial charge in [0.2, 0.25) is 5.88 Å². The molecule has 3 aromatic heterocycles. The van der Waals surface area contributed by atoms with Gasteiger partial charge in [-0.05, 0) is 24.3 Å². The van der Waals surface area contributed by atoms with Gasteiger partial charge in [-0.2, -0.15) is 10.5 Å². The van der Waals surface area contributed by atoms with Crippen molar-refractivity contribution >= 4 is 28.9 Å². The lowest BCUT2D eigenvalue weighted by atomic mass is 9.98. The fourth-order valence-electron chi connectivity index (χ4n) is 3.23. The molecule has 36 heavy (non-hydrogen) atoms. The summed E-state index contributed by atoms with van der Waals surface area (Å²) in [7, 11) is 0. The van der Waals surface area contributed by atoms with Crippen molar-refractivity contribution < 1.29 is 18.6 Å². The Morgan fingerprint density at radius 3 is 2.50 bits per heavy atom. The van der Waals surface area contributed by atoms with Gasteiger partial charge in [-0.3, -0.25) is 0 Å². The number of benzene rings is 1. The lowest BCUT2D eigenvalue weighted by Crippen LogP contribution is -2.05. The Morgan fingerprint density at radius 2 is 1.83 bits per heavy atom. The molecule has 8 nitrogen and oxygen atoms in total. The molecule has 4 aromatic rings. The molecule has 0 atom stereocenters. The monoisotopic (exact) mass is 522 g/mol. The van der Waals surface area contributed by atoms with Crippen molar-refractivity contribution in [1.82, 2.24) is 15.0 Å². The Bertz CT molecular complexity index is 1500. The van der Waals surface area contributed by atoms with Crippen molar-refractivity contribution in [3.05, 3.63) is 70.4 Å². The van der Waals surface area contributed by atoms with Crippen LogP contribution < -0.4 is 10.5 Å². The van der Waals surface area contributed by atoms with Crippen LogP contribution in [0.5, 0.6) is 5.88 Å². The molecule has 0 aliphatic rings. The number of hydrogen-bond donors (Lipinski definition) is 2. The predicted molar refractivity (Wildman–Crippen MR) is 131 cm³/mol. The molecule has 0 fully saturated rings. The second-order valence-corrected chi connectivity index (χ2v) is 8.99. The minimum atomic E-state index is -0.954. The molecule has 0 radical (unpaired) electrons. The maximum absolute atomic E-state index is 13.6. The number of nitrogen functional groups attached to an aromatic ring is 1. The smallest absolute Gasteiger partial charge is 0.213 e. The van der Waals surface area contributed by atoms with E-state index < -0.39 is 11.6 Å². The van der Waals surface area contributed by atoms with Crippen molar-refractivity contribution in [2.75, 3.05) is 18.9 Å². The van der Waals surface area contributed by atoms with Gasteiger partial charge in [0.15, 0.2) is 11.6 Å². The molecule has 0 aliphatic heterocycles. The highest BCUT2D eigenvalue weighted by Gasteiger charge is 2.21. The Labute approximate surface area is 212 Å². The minimum absolute atomic E-state index is 0.0321. The van der Waals surface area contributed by atoms with Gasteiger partial charge in [-0.25, -0.2) is 23.7 Å². The van der Waals surface area contributed by atoms with Crippen molar-refractivity contribution in [3.63, 3.8) is 0 Å². The zero-order valence-electron chi connectivity index (χ0n) is 18.4. The van der Waals surface area contributed by atoms with Crippen LogP contribution in [0, 0.1) is 34.3 Å². The number of rotatable bonds is 8. The first-order valence-electron chi connectivity index (χ1n) is 10.3. The molecule has 0 saturated heterocycles. The quantitative estimate of drug-likeness (QED) is 0.319. The standard InChI is InChI=1S/C24H16F2N6O2S2/c25-18-3-1-13(7-19(18)26)23-31-15(11-35-23)12-36-24-17(9-28)21(16(8-27)22(29)32-24)14-2-4-20(30-10-14)34-6-5-33/h1-4,7,10-11,33H,5-6,12H2,(H2,29,32). The van der Waals surface area contributed by atoms with Crippen molar-refractivity contribution in [3.8, 4) is 39.7 Å². The number of aliphatic hydroxyl groups is 1. The maximum atomic E-state index is 13.6. The van der Waals surface area contributed by atoms with E-state index in [0.717, 1.165) is 12.1 Å². The number of ether oxygens (including phenoxy) is 1. The van der Waals surface area contributed by atoms with Crippen LogP contribution in [0.2, 0.25) is 0 Å². The number of nitriles is 2. The largest absolute Gasteiger partial charge is 0.475 e. The molecule has 0 saturated carbocycles. The summed E-state index contributed by atoms with van der Waals surface area (Å²) in [5.41, 5.74) is 8.15. The topological polar surface area (TPSA) is 142 Å². The predicted octanol–water partition coefficient (Wildman–Crippen LogP) is 4.53. The van der Waals surface area contributed by atoms with E-state index >= 15 is 0 Å². The SMILES string of the molecule is N#Cc1c(N)nc(SCc2csc(-c3ccc(F)c(F)c3)n2)c(C#N)c1-c1ccc(OCCO)nc1. The summed E-state index contributed by atoms with van der Waals surface area (Å²) in [6.07, 6.45) is 1.45. The second kappa shape index (κ2) is 11.1. The van der Waals surface area contributed by atoms with E-state index in [-0.39, 0.29) is 36.0 Å². The number of thiazole rings is 1. The number of nitrogens with two attached hydrogens (primary N) is 1. The number of hydrogen-bond acceptors (Lipinski definition) is 10. The van der Waals surface area contributed by atoms with Crippen LogP contribution in [0.25, 0.3) is 21.7 Å². The lowest BCUT2D eigenvalue weighted by molar-refractivity contribution is 0.196. The average Bonchev–Trinajstić information content (AvgIpc) is 3.37. The van der Waals surface area contributed by atoms with E-state index in [1.54, 1.807) is 17.5 Å². The van der Waals surface area contributed by atoms with Gasteiger partial charge in [-0.15, -0.1) is 11.3 Å². The average molecular weight is 523 g/mol. The molecular weight excluding hydrogens is 506 g/mol. The van der Waals surface area contributed by atoms with E-state index in [4.69, 9.17) is 15.6 Å². The Morgan fingerprint density at radius 1 is 1.06 bits per heavy atom. The number of thioether (sulfide) groups is 1. The molecule has 0 unspecified atom stereocenters. The molecule has 180 valence electrons. The summed E-state index contributed by atoms with van der Waals surface area (Å²) in [5, 5.41) is 31.1. The van der Waals surface area contributed by atoms with Crippen LogP contribution in [-0.4, -0.2) is 33.3 Å². The Hall–Kier alpha value is -4.10. The fraction of sp³-hybridized carbons (Fsp3) is 0.125. The van der Waals surface area contributed by atoms with Gasteiger partial charge < -0.3 is 15.6 Å². The summed E-state index contributed by atoms with van der Waals surface area (Å²) in [6.45, 7) is -0.0833. The summed E-state index contributed by atoms with van der Waals surface area (Å²) in [4.78, 5) is 12.9. The van der Waals surface area contributed by atoms with E-state index in [1.165, 1.54) is 35.4 Å². The maximum Gasteiger partial charge on any atom is 0.213 e.